The van der Waals surface area contributed by atoms with Gasteiger partial charge >= 0.3 is 0 Å². The van der Waals surface area contributed by atoms with Gasteiger partial charge in [0.1, 0.15) is 18.4 Å². The van der Waals surface area contributed by atoms with Crippen molar-refractivity contribution < 1.29 is 23.9 Å². The molecule has 2 aromatic rings. The van der Waals surface area contributed by atoms with E-state index in [1.807, 2.05) is 24.3 Å². The van der Waals surface area contributed by atoms with Crippen molar-refractivity contribution in [3.63, 3.8) is 0 Å². The highest BCUT2D eigenvalue weighted by atomic mass is 16.5. The number of nitrogens with one attached hydrogen (secondary N) is 1. The predicted molar refractivity (Wildman–Crippen MR) is 127 cm³/mol. The minimum absolute atomic E-state index is 0.215. The summed E-state index contributed by atoms with van der Waals surface area (Å²) in [5.74, 6) is -0.393. The van der Waals surface area contributed by atoms with Crippen molar-refractivity contribution in [2.24, 2.45) is 5.73 Å². The number of morpholine rings is 1. The molecule has 3 amide bonds. The van der Waals surface area contributed by atoms with Gasteiger partial charge in [-0.05, 0) is 30.2 Å². The molecule has 2 saturated heterocycles. The molecule has 3 heterocycles. The normalized spacial score (nSPS) is 21.6. The maximum atomic E-state index is 13.0. The van der Waals surface area contributed by atoms with Gasteiger partial charge in [0.15, 0.2) is 0 Å². The molecule has 3 aliphatic rings. The number of fused-ring (bicyclic) bond motifs is 1. The van der Waals surface area contributed by atoms with Crippen LogP contribution in [0, 0.1) is 0 Å². The van der Waals surface area contributed by atoms with E-state index in [1.165, 1.54) is 4.90 Å². The maximum Gasteiger partial charge on any atom is 0.255 e. The van der Waals surface area contributed by atoms with Gasteiger partial charge in [-0.3, -0.25) is 24.6 Å². The molecule has 0 aliphatic carbocycles. The molecule has 2 fully saturated rings. The molecule has 10 heteroatoms. The first-order chi connectivity index (χ1) is 16.9. The second kappa shape index (κ2) is 9.65. The van der Waals surface area contributed by atoms with Crippen molar-refractivity contribution in [3.8, 4) is 5.75 Å². The third kappa shape index (κ3) is 4.60. The van der Waals surface area contributed by atoms with Crippen LogP contribution in [0.3, 0.4) is 0 Å². The minimum atomic E-state index is -0.663. The van der Waals surface area contributed by atoms with Gasteiger partial charge in [0, 0.05) is 41.9 Å². The standard InChI is InChI=1S/C25H29N5O5/c26-19-12-15(4-5-17(19)23(27)29-8-10-34-11-9-29)14-35-21-3-1-2-16-18(21)13-30(25(16)33)20-6-7-22(31)28-24(20)32/h1-5,12,20,23H,6-11,13-14,26-27H2,(H,28,31,32). The maximum absolute atomic E-state index is 13.0. The number of nitrogen functional groups attached to an aromatic ring is 1. The Labute approximate surface area is 203 Å². The van der Waals surface area contributed by atoms with Gasteiger partial charge in [-0.1, -0.05) is 18.2 Å². The molecule has 5 N–H and O–H groups in total. The lowest BCUT2D eigenvalue weighted by molar-refractivity contribution is -0.136. The van der Waals surface area contributed by atoms with Crippen molar-refractivity contribution >= 4 is 23.4 Å². The minimum Gasteiger partial charge on any atom is -0.489 e. The van der Waals surface area contributed by atoms with Crippen LogP contribution in [0.1, 0.15) is 46.1 Å². The number of hydrogen-bond donors (Lipinski definition) is 3. The Kier molecular flexibility index (Phi) is 6.42. The molecule has 2 unspecified atom stereocenters. The zero-order valence-electron chi connectivity index (χ0n) is 19.4. The number of carbonyl (C=O) groups is 3. The van der Waals surface area contributed by atoms with E-state index >= 15 is 0 Å². The van der Waals surface area contributed by atoms with Crippen molar-refractivity contribution in [3.05, 3.63) is 58.7 Å². The molecule has 10 nitrogen and oxygen atoms in total. The fraction of sp³-hybridized carbons (Fsp3) is 0.400. The first kappa shape index (κ1) is 23.3. The zero-order valence-corrected chi connectivity index (χ0v) is 19.4. The van der Waals surface area contributed by atoms with E-state index < -0.39 is 11.9 Å². The average Bonchev–Trinajstić information content (AvgIpc) is 3.19. The first-order valence-electron chi connectivity index (χ1n) is 11.8. The Balaban J connectivity index is 1.27. The van der Waals surface area contributed by atoms with Gasteiger partial charge in [-0.2, -0.15) is 0 Å². The van der Waals surface area contributed by atoms with Gasteiger partial charge in [0.05, 0.1) is 25.9 Å². The van der Waals surface area contributed by atoms with Gasteiger partial charge in [-0.25, -0.2) is 0 Å². The number of amides is 3. The summed E-state index contributed by atoms with van der Waals surface area (Å²) in [6.07, 6.45) is 0.237. The Bertz CT molecular complexity index is 1160. The van der Waals surface area contributed by atoms with Crippen molar-refractivity contribution in [1.82, 2.24) is 15.1 Å². The fourth-order valence-electron chi connectivity index (χ4n) is 4.89. The lowest BCUT2D eigenvalue weighted by atomic mass is 10.0. The molecule has 2 aromatic carbocycles. The largest absolute Gasteiger partial charge is 0.489 e. The number of benzene rings is 2. The van der Waals surface area contributed by atoms with Crippen LogP contribution >= 0.6 is 0 Å². The lowest BCUT2D eigenvalue weighted by Crippen LogP contribution is -2.52. The molecule has 0 aromatic heterocycles. The number of piperidine rings is 1. The van der Waals surface area contributed by atoms with Crippen LogP contribution in [0.2, 0.25) is 0 Å². The summed E-state index contributed by atoms with van der Waals surface area (Å²) in [5.41, 5.74) is 16.3. The molecule has 5 rings (SSSR count). The zero-order chi connectivity index (χ0) is 24.5. The molecule has 2 atom stereocenters. The van der Waals surface area contributed by atoms with E-state index in [4.69, 9.17) is 20.9 Å². The summed E-state index contributed by atoms with van der Waals surface area (Å²) in [6, 6.07) is 10.4. The van der Waals surface area contributed by atoms with Crippen molar-refractivity contribution in [2.45, 2.75) is 38.2 Å². The molecule has 184 valence electrons. The third-order valence-corrected chi connectivity index (χ3v) is 6.84. The lowest BCUT2D eigenvalue weighted by Gasteiger charge is -2.32. The number of carbonyl (C=O) groups excluding carboxylic acids is 3. The number of imide groups is 1. The fourth-order valence-corrected chi connectivity index (χ4v) is 4.89. The molecule has 0 spiro atoms. The van der Waals surface area contributed by atoms with Gasteiger partial charge in [0.25, 0.3) is 5.91 Å². The molecular weight excluding hydrogens is 450 g/mol. The van der Waals surface area contributed by atoms with E-state index in [-0.39, 0.29) is 37.6 Å². The molecule has 0 bridgehead atoms. The van der Waals surface area contributed by atoms with E-state index in [0.29, 0.717) is 36.6 Å². The van der Waals surface area contributed by atoms with Gasteiger partial charge in [-0.15, -0.1) is 0 Å². The number of nitrogens with two attached hydrogens (primary N) is 2. The third-order valence-electron chi connectivity index (χ3n) is 6.84. The van der Waals surface area contributed by atoms with Crippen molar-refractivity contribution in [2.75, 3.05) is 32.0 Å². The van der Waals surface area contributed by atoms with Gasteiger partial charge < -0.3 is 25.8 Å². The predicted octanol–water partition coefficient (Wildman–Crippen LogP) is 0.898. The molecule has 0 saturated carbocycles. The molecule has 3 aliphatic heterocycles. The second-order valence-corrected chi connectivity index (χ2v) is 9.03. The number of hydrogen-bond acceptors (Lipinski definition) is 8. The molecule has 35 heavy (non-hydrogen) atoms. The number of nitrogens with zero attached hydrogens (tertiary/aromatic N) is 2. The topological polar surface area (TPSA) is 140 Å². The average molecular weight is 480 g/mol. The van der Waals surface area contributed by atoms with Crippen LogP contribution in [0.5, 0.6) is 5.75 Å². The highest BCUT2D eigenvalue weighted by Crippen LogP contribution is 2.34. The van der Waals surface area contributed by atoms with Crippen molar-refractivity contribution in [1.29, 1.82) is 0 Å². The molecular formula is C25H29N5O5. The first-order valence-corrected chi connectivity index (χ1v) is 11.8. The number of anilines is 1. The Morgan fingerprint density at radius 2 is 1.94 bits per heavy atom. The van der Waals surface area contributed by atoms with E-state index in [2.05, 4.69) is 10.2 Å². The van der Waals surface area contributed by atoms with Crippen LogP contribution in [-0.2, 0) is 27.5 Å². The number of ether oxygens (including phenoxy) is 2. The smallest absolute Gasteiger partial charge is 0.255 e. The van der Waals surface area contributed by atoms with Crippen LogP contribution < -0.4 is 21.5 Å². The van der Waals surface area contributed by atoms with E-state index in [1.54, 1.807) is 12.1 Å². The summed E-state index contributed by atoms with van der Waals surface area (Å²) in [7, 11) is 0. The van der Waals surface area contributed by atoms with Crippen LogP contribution in [0.25, 0.3) is 0 Å². The summed E-state index contributed by atoms with van der Waals surface area (Å²) < 4.78 is 11.5. The summed E-state index contributed by atoms with van der Waals surface area (Å²) in [5, 5.41) is 2.32. The Hall–Kier alpha value is -3.47. The van der Waals surface area contributed by atoms with Crippen LogP contribution in [-0.4, -0.2) is 59.9 Å². The summed E-state index contributed by atoms with van der Waals surface area (Å²) in [6.45, 7) is 3.36. The monoisotopic (exact) mass is 479 g/mol. The quantitative estimate of drug-likeness (QED) is 0.410. The highest BCUT2D eigenvalue weighted by Gasteiger charge is 2.40. The summed E-state index contributed by atoms with van der Waals surface area (Å²) in [4.78, 5) is 40.4. The number of rotatable bonds is 6. The van der Waals surface area contributed by atoms with E-state index in [0.717, 1.165) is 29.8 Å². The van der Waals surface area contributed by atoms with Crippen LogP contribution in [0.15, 0.2) is 36.4 Å². The van der Waals surface area contributed by atoms with Gasteiger partial charge in [0.2, 0.25) is 11.8 Å². The second-order valence-electron chi connectivity index (χ2n) is 9.03. The summed E-state index contributed by atoms with van der Waals surface area (Å²) >= 11 is 0. The highest BCUT2D eigenvalue weighted by molar-refractivity contribution is 6.05. The molecule has 0 radical (unpaired) electrons. The Morgan fingerprint density at radius 3 is 2.69 bits per heavy atom. The Morgan fingerprint density at radius 1 is 1.14 bits per heavy atom. The van der Waals surface area contributed by atoms with Crippen LogP contribution in [0.4, 0.5) is 5.69 Å². The SMILES string of the molecule is Nc1cc(COc2cccc3c2CN(C2CCC(=O)NC2=O)C3=O)ccc1C(N)N1CCOCC1. The van der Waals surface area contributed by atoms with E-state index in [9.17, 15) is 14.4 Å².